The largest absolute Gasteiger partial charge is 0.453 e. The van der Waals surface area contributed by atoms with E-state index >= 15 is 4.39 Å². The zero-order chi connectivity index (χ0) is 19.8. The molecule has 2 aliphatic rings. The number of aromatic nitrogens is 3. The quantitative estimate of drug-likeness (QED) is 0.499. The van der Waals surface area contributed by atoms with Gasteiger partial charge in [0.1, 0.15) is 22.4 Å². The number of ether oxygens (including phenoxy) is 2. The van der Waals surface area contributed by atoms with Crippen LogP contribution in [0.1, 0.15) is 43.2 Å². The minimum Gasteiger partial charge on any atom is -0.453 e. The molecule has 1 aliphatic carbocycles. The Balaban J connectivity index is 1.49. The van der Waals surface area contributed by atoms with Gasteiger partial charge in [0.05, 0.1) is 12.2 Å². The lowest BCUT2D eigenvalue weighted by Crippen LogP contribution is -2.14. The smallest absolute Gasteiger partial charge is 0.173 e. The SMILES string of the molecule is Fc1cc(C2CCOCC2)ccc1-c1nn(C2CC2)cc1Oc1ccnc(Cl)c1. The monoisotopic (exact) mass is 413 g/mol. The number of rotatable bonds is 5. The van der Waals surface area contributed by atoms with Crippen molar-refractivity contribution in [1.82, 2.24) is 14.8 Å². The lowest BCUT2D eigenvalue weighted by atomic mass is 9.90. The van der Waals surface area contributed by atoms with E-state index in [-0.39, 0.29) is 5.82 Å². The van der Waals surface area contributed by atoms with Crippen molar-refractivity contribution in [1.29, 1.82) is 0 Å². The van der Waals surface area contributed by atoms with Gasteiger partial charge < -0.3 is 9.47 Å². The molecule has 1 saturated carbocycles. The minimum absolute atomic E-state index is 0.285. The van der Waals surface area contributed by atoms with Gasteiger partial charge in [-0.25, -0.2) is 9.37 Å². The fourth-order valence-corrected chi connectivity index (χ4v) is 3.91. The predicted octanol–water partition coefficient (Wildman–Crippen LogP) is 5.76. The van der Waals surface area contributed by atoms with E-state index in [0.717, 1.165) is 44.5 Å². The maximum absolute atomic E-state index is 15.1. The molecule has 0 radical (unpaired) electrons. The van der Waals surface area contributed by atoms with Gasteiger partial charge in [0, 0.05) is 31.0 Å². The van der Waals surface area contributed by atoms with Gasteiger partial charge in [-0.15, -0.1) is 0 Å². The number of hydrogen-bond acceptors (Lipinski definition) is 4. The van der Waals surface area contributed by atoms with E-state index in [1.807, 2.05) is 23.0 Å². The molecular weight excluding hydrogens is 393 g/mol. The maximum Gasteiger partial charge on any atom is 0.173 e. The minimum atomic E-state index is -0.285. The summed E-state index contributed by atoms with van der Waals surface area (Å²) in [6.07, 6.45) is 7.41. The molecule has 0 unspecified atom stereocenters. The second-order valence-electron chi connectivity index (χ2n) is 7.60. The van der Waals surface area contributed by atoms with E-state index in [2.05, 4.69) is 10.1 Å². The lowest BCUT2D eigenvalue weighted by molar-refractivity contribution is 0.0853. The first-order valence-corrected chi connectivity index (χ1v) is 10.3. The number of pyridine rings is 1. The molecule has 1 aliphatic heterocycles. The molecule has 3 heterocycles. The Kier molecular flexibility index (Phi) is 4.97. The summed E-state index contributed by atoms with van der Waals surface area (Å²) in [5.74, 6) is 1.11. The molecule has 2 aromatic heterocycles. The van der Waals surface area contributed by atoms with Crippen molar-refractivity contribution in [3.05, 3.63) is 59.3 Å². The van der Waals surface area contributed by atoms with Crippen LogP contribution in [-0.4, -0.2) is 28.0 Å². The summed E-state index contributed by atoms with van der Waals surface area (Å²) in [7, 11) is 0. The molecule has 0 atom stereocenters. The Morgan fingerprint density at radius 2 is 1.93 bits per heavy atom. The van der Waals surface area contributed by atoms with E-state index in [4.69, 9.17) is 21.1 Å². The molecule has 29 heavy (non-hydrogen) atoms. The second-order valence-corrected chi connectivity index (χ2v) is 7.98. The number of hydrogen-bond donors (Lipinski definition) is 0. The highest BCUT2D eigenvalue weighted by Gasteiger charge is 2.28. The van der Waals surface area contributed by atoms with Crippen LogP contribution in [0.3, 0.4) is 0 Å². The summed E-state index contributed by atoms with van der Waals surface area (Å²) < 4.78 is 28.4. The Morgan fingerprint density at radius 3 is 2.66 bits per heavy atom. The third kappa shape index (κ3) is 4.00. The van der Waals surface area contributed by atoms with E-state index in [9.17, 15) is 0 Å². The van der Waals surface area contributed by atoms with Crippen LogP contribution in [0, 0.1) is 5.82 Å². The van der Waals surface area contributed by atoms with Gasteiger partial charge in [-0.1, -0.05) is 17.7 Å². The zero-order valence-electron chi connectivity index (χ0n) is 15.9. The average Bonchev–Trinajstić information content (AvgIpc) is 3.50. The molecule has 1 saturated heterocycles. The topological polar surface area (TPSA) is 49.2 Å². The lowest BCUT2D eigenvalue weighted by Gasteiger charge is -2.22. The molecule has 0 amide bonds. The van der Waals surface area contributed by atoms with Crippen LogP contribution < -0.4 is 4.74 Å². The fourth-order valence-electron chi connectivity index (χ4n) is 3.75. The van der Waals surface area contributed by atoms with Crippen molar-refractivity contribution >= 4 is 11.6 Å². The molecule has 0 N–H and O–H groups in total. The van der Waals surface area contributed by atoms with Crippen molar-refractivity contribution in [3.8, 4) is 22.8 Å². The summed E-state index contributed by atoms with van der Waals surface area (Å²) in [4.78, 5) is 3.97. The highest BCUT2D eigenvalue weighted by molar-refractivity contribution is 6.29. The van der Waals surface area contributed by atoms with Gasteiger partial charge >= 0.3 is 0 Å². The third-order valence-corrected chi connectivity index (χ3v) is 5.69. The van der Waals surface area contributed by atoms with E-state index in [1.165, 1.54) is 0 Å². The molecule has 3 aromatic rings. The number of nitrogens with zero attached hydrogens (tertiary/aromatic N) is 3. The molecule has 150 valence electrons. The van der Waals surface area contributed by atoms with Crippen molar-refractivity contribution in [3.63, 3.8) is 0 Å². The van der Waals surface area contributed by atoms with Crippen molar-refractivity contribution in [2.24, 2.45) is 0 Å². The summed E-state index contributed by atoms with van der Waals surface area (Å²) >= 11 is 5.97. The Hall–Kier alpha value is -2.44. The van der Waals surface area contributed by atoms with Crippen LogP contribution in [0.4, 0.5) is 4.39 Å². The van der Waals surface area contributed by atoms with E-state index in [1.54, 1.807) is 24.4 Å². The fraction of sp³-hybridized carbons (Fsp3) is 0.364. The van der Waals surface area contributed by atoms with Gasteiger partial charge in [0.25, 0.3) is 0 Å². The van der Waals surface area contributed by atoms with Gasteiger partial charge in [-0.2, -0.15) is 5.10 Å². The maximum atomic E-state index is 15.1. The van der Waals surface area contributed by atoms with Crippen LogP contribution in [0.5, 0.6) is 11.5 Å². The Bertz CT molecular complexity index is 1030. The first-order chi connectivity index (χ1) is 14.2. The highest BCUT2D eigenvalue weighted by Crippen LogP contribution is 2.41. The summed E-state index contributed by atoms with van der Waals surface area (Å²) in [6.45, 7) is 1.46. The molecule has 0 spiro atoms. The average molecular weight is 414 g/mol. The Labute approximate surface area is 173 Å². The van der Waals surface area contributed by atoms with Crippen LogP contribution >= 0.6 is 11.6 Å². The normalized spacial score (nSPS) is 17.4. The third-order valence-electron chi connectivity index (χ3n) is 5.49. The zero-order valence-corrected chi connectivity index (χ0v) is 16.6. The van der Waals surface area contributed by atoms with Gasteiger partial charge in [-0.3, -0.25) is 4.68 Å². The van der Waals surface area contributed by atoms with Crippen LogP contribution in [-0.2, 0) is 4.74 Å². The van der Waals surface area contributed by atoms with E-state index < -0.39 is 0 Å². The molecule has 0 bridgehead atoms. The highest BCUT2D eigenvalue weighted by atomic mass is 35.5. The summed E-state index contributed by atoms with van der Waals surface area (Å²) in [5, 5.41) is 4.99. The standard InChI is InChI=1S/C22H21ClFN3O2/c23-21-12-17(5-8-25-21)29-20-13-27(16-2-3-16)26-22(20)18-4-1-15(11-19(18)24)14-6-9-28-10-7-14/h1,4-5,8,11-14,16H,2-3,6-7,9-10H2. The van der Waals surface area contributed by atoms with Crippen molar-refractivity contribution in [2.75, 3.05) is 13.2 Å². The first kappa shape index (κ1) is 18.6. The van der Waals surface area contributed by atoms with Crippen molar-refractivity contribution in [2.45, 2.75) is 37.6 Å². The first-order valence-electron chi connectivity index (χ1n) is 9.93. The van der Waals surface area contributed by atoms with Crippen LogP contribution in [0.15, 0.2) is 42.7 Å². The van der Waals surface area contributed by atoms with E-state index in [0.29, 0.717) is 39.9 Å². The van der Waals surface area contributed by atoms with Crippen LogP contribution in [0.2, 0.25) is 5.15 Å². The molecule has 2 fully saturated rings. The second kappa shape index (κ2) is 7.76. The predicted molar refractivity (Wildman–Crippen MR) is 108 cm³/mol. The number of benzene rings is 1. The van der Waals surface area contributed by atoms with Gasteiger partial charge in [-0.05, 0) is 55.4 Å². The summed E-state index contributed by atoms with van der Waals surface area (Å²) in [6, 6.07) is 9.15. The van der Waals surface area contributed by atoms with Crippen molar-refractivity contribution < 1.29 is 13.9 Å². The molecular formula is C22H21ClFN3O2. The number of halogens is 2. The summed E-state index contributed by atoms with van der Waals surface area (Å²) in [5.41, 5.74) is 1.95. The molecule has 1 aromatic carbocycles. The Morgan fingerprint density at radius 1 is 1.10 bits per heavy atom. The molecule has 7 heteroatoms. The molecule has 5 rings (SSSR count). The van der Waals surface area contributed by atoms with Crippen LogP contribution in [0.25, 0.3) is 11.3 Å². The van der Waals surface area contributed by atoms with Gasteiger partial charge in [0.2, 0.25) is 0 Å². The molecule has 5 nitrogen and oxygen atoms in total. The van der Waals surface area contributed by atoms with Gasteiger partial charge in [0.15, 0.2) is 5.75 Å².